The van der Waals surface area contributed by atoms with Gasteiger partial charge in [-0.25, -0.2) is 0 Å². The molecule has 132 valence electrons. The molecule has 0 atom stereocenters. The molecule has 1 heterocycles. The number of likely N-dealkylation sites (tertiary alicyclic amines) is 1. The van der Waals surface area contributed by atoms with Crippen molar-refractivity contribution in [3.8, 4) is 0 Å². The lowest BCUT2D eigenvalue weighted by molar-refractivity contribution is -0.129. The number of nitrogens with zero attached hydrogens (tertiary/aromatic N) is 2. The Kier molecular flexibility index (Phi) is 5.59. The van der Waals surface area contributed by atoms with Crippen molar-refractivity contribution in [2.24, 2.45) is 0 Å². The van der Waals surface area contributed by atoms with Gasteiger partial charge in [0.25, 0.3) is 0 Å². The fourth-order valence-corrected chi connectivity index (χ4v) is 3.43. The molecule has 1 amide bonds. The van der Waals surface area contributed by atoms with E-state index in [4.69, 9.17) is 0 Å². The average molecular weight is 337 g/mol. The van der Waals surface area contributed by atoms with Crippen LogP contribution in [0.15, 0.2) is 54.6 Å². The van der Waals surface area contributed by atoms with Crippen LogP contribution in [0.3, 0.4) is 0 Å². The number of carbonyl (C=O) groups is 1. The van der Waals surface area contributed by atoms with Crippen molar-refractivity contribution < 1.29 is 4.79 Å². The van der Waals surface area contributed by atoms with Crippen molar-refractivity contribution in [1.29, 1.82) is 0 Å². The van der Waals surface area contributed by atoms with Crippen LogP contribution in [-0.4, -0.2) is 37.0 Å². The van der Waals surface area contributed by atoms with E-state index in [0.717, 1.165) is 32.5 Å². The topological polar surface area (TPSA) is 35.6 Å². The van der Waals surface area contributed by atoms with Gasteiger partial charge in [-0.1, -0.05) is 42.5 Å². The number of benzene rings is 2. The van der Waals surface area contributed by atoms with Gasteiger partial charge < -0.3 is 15.1 Å². The number of piperidine rings is 1. The third kappa shape index (κ3) is 4.53. The lowest BCUT2D eigenvalue weighted by Crippen LogP contribution is -2.41. The molecule has 1 aliphatic heterocycles. The number of rotatable bonds is 5. The van der Waals surface area contributed by atoms with Crippen molar-refractivity contribution in [2.45, 2.75) is 32.4 Å². The molecule has 0 unspecified atom stereocenters. The smallest absolute Gasteiger partial charge is 0.219 e. The van der Waals surface area contributed by atoms with Gasteiger partial charge in [-0.3, -0.25) is 4.79 Å². The fraction of sp³-hybridized carbons (Fsp3) is 0.381. The maximum absolute atomic E-state index is 11.5. The van der Waals surface area contributed by atoms with Crippen LogP contribution in [0, 0.1) is 0 Å². The molecule has 4 nitrogen and oxygen atoms in total. The van der Waals surface area contributed by atoms with Gasteiger partial charge >= 0.3 is 0 Å². The molecule has 1 N–H and O–H groups in total. The number of amides is 1. The van der Waals surface area contributed by atoms with Gasteiger partial charge in [0.2, 0.25) is 5.91 Å². The number of carbonyl (C=O) groups excluding carboxylic acids is 1. The molecule has 2 aromatic carbocycles. The first-order valence-electron chi connectivity index (χ1n) is 8.99. The van der Waals surface area contributed by atoms with Crippen LogP contribution in [0.2, 0.25) is 0 Å². The second kappa shape index (κ2) is 8.06. The molecule has 0 aliphatic carbocycles. The Bertz CT molecular complexity index is 693. The van der Waals surface area contributed by atoms with Crippen LogP contribution in [0.1, 0.15) is 25.3 Å². The first-order chi connectivity index (χ1) is 12.1. The Morgan fingerprint density at radius 3 is 2.40 bits per heavy atom. The van der Waals surface area contributed by atoms with Crippen molar-refractivity contribution in [2.75, 3.05) is 30.4 Å². The van der Waals surface area contributed by atoms with Gasteiger partial charge in [-0.05, 0) is 30.5 Å². The van der Waals surface area contributed by atoms with Gasteiger partial charge in [-0.15, -0.1) is 0 Å². The summed E-state index contributed by atoms with van der Waals surface area (Å²) in [7, 11) is 2.13. The molecule has 0 spiro atoms. The summed E-state index contributed by atoms with van der Waals surface area (Å²) in [5.74, 6) is 0.182. The highest BCUT2D eigenvalue weighted by Crippen LogP contribution is 2.28. The zero-order valence-electron chi connectivity index (χ0n) is 15.1. The average Bonchev–Trinajstić information content (AvgIpc) is 2.63. The predicted molar refractivity (Wildman–Crippen MR) is 104 cm³/mol. The standard InChI is InChI=1S/C21H27N3O/c1-17(25)24-14-12-19(13-15-24)22-20-10-6-7-11-21(20)23(2)16-18-8-4-3-5-9-18/h3-11,19,22H,12-16H2,1-2H3. The predicted octanol–water partition coefficient (Wildman–Crippen LogP) is 3.75. The number of hydrogen-bond donors (Lipinski definition) is 1. The van der Waals surface area contributed by atoms with E-state index in [1.807, 2.05) is 11.0 Å². The summed E-state index contributed by atoms with van der Waals surface area (Å²) in [5.41, 5.74) is 3.68. The lowest BCUT2D eigenvalue weighted by Gasteiger charge is -2.33. The summed E-state index contributed by atoms with van der Waals surface area (Å²) in [6.07, 6.45) is 1.99. The van der Waals surface area contributed by atoms with Gasteiger partial charge in [0.1, 0.15) is 0 Å². The van der Waals surface area contributed by atoms with Gasteiger partial charge in [0, 0.05) is 39.6 Å². The van der Waals surface area contributed by atoms with Crippen molar-refractivity contribution >= 4 is 17.3 Å². The third-order valence-corrected chi connectivity index (χ3v) is 4.88. The number of nitrogens with one attached hydrogen (secondary N) is 1. The van der Waals surface area contributed by atoms with Gasteiger partial charge in [-0.2, -0.15) is 0 Å². The highest BCUT2D eigenvalue weighted by Gasteiger charge is 2.21. The van der Waals surface area contributed by atoms with E-state index in [1.165, 1.54) is 16.9 Å². The van der Waals surface area contributed by atoms with Gasteiger partial charge in [0.15, 0.2) is 0 Å². The zero-order chi connectivity index (χ0) is 17.6. The highest BCUT2D eigenvalue weighted by atomic mass is 16.2. The second-order valence-electron chi connectivity index (χ2n) is 6.78. The molecule has 0 aromatic heterocycles. The number of anilines is 2. The molecule has 0 bridgehead atoms. The Hall–Kier alpha value is -2.49. The molecule has 1 aliphatic rings. The van der Waals surface area contributed by atoms with Crippen LogP contribution < -0.4 is 10.2 Å². The van der Waals surface area contributed by atoms with Gasteiger partial charge in [0.05, 0.1) is 11.4 Å². The Morgan fingerprint density at radius 1 is 1.08 bits per heavy atom. The Morgan fingerprint density at radius 2 is 1.72 bits per heavy atom. The summed E-state index contributed by atoms with van der Waals surface area (Å²) in [5, 5.41) is 3.70. The first kappa shape index (κ1) is 17.3. The molecule has 1 fully saturated rings. The van der Waals surface area contributed by atoms with E-state index in [-0.39, 0.29) is 5.91 Å². The normalized spacial score (nSPS) is 15.0. The summed E-state index contributed by atoms with van der Waals surface area (Å²) >= 11 is 0. The molecule has 2 aromatic rings. The summed E-state index contributed by atoms with van der Waals surface area (Å²) in [6, 6.07) is 19.4. The van der Waals surface area contributed by atoms with Crippen LogP contribution in [0.4, 0.5) is 11.4 Å². The number of hydrogen-bond acceptors (Lipinski definition) is 3. The minimum Gasteiger partial charge on any atom is -0.381 e. The van der Waals surface area contributed by atoms with E-state index in [2.05, 4.69) is 65.8 Å². The van der Waals surface area contributed by atoms with Crippen molar-refractivity contribution in [3.63, 3.8) is 0 Å². The van der Waals surface area contributed by atoms with E-state index in [1.54, 1.807) is 6.92 Å². The molecular weight excluding hydrogens is 310 g/mol. The minimum atomic E-state index is 0.182. The molecule has 25 heavy (non-hydrogen) atoms. The molecule has 1 saturated heterocycles. The summed E-state index contributed by atoms with van der Waals surface area (Å²) in [4.78, 5) is 15.7. The molecular formula is C21H27N3O. The van der Waals surface area contributed by atoms with E-state index in [9.17, 15) is 4.79 Å². The van der Waals surface area contributed by atoms with Crippen molar-refractivity contribution in [1.82, 2.24) is 4.90 Å². The largest absolute Gasteiger partial charge is 0.381 e. The zero-order valence-corrected chi connectivity index (χ0v) is 15.1. The maximum Gasteiger partial charge on any atom is 0.219 e. The number of para-hydroxylation sites is 2. The SMILES string of the molecule is CC(=O)N1CCC(Nc2ccccc2N(C)Cc2ccccc2)CC1. The summed E-state index contributed by atoms with van der Waals surface area (Å²) in [6.45, 7) is 4.22. The molecule has 0 saturated carbocycles. The van der Waals surface area contributed by atoms with Crippen LogP contribution in [-0.2, 0) is 11.3 Å². The Labute approximate surface area is 150 Å². The molecule has 3 rings (SSSR count). The highest BCUT2D eigenvalue weighted by molar-refractivity contribution is 5.73. The van der Waals surface area contributed by atoms with E-state index in [0.29, 0.717) is 6.04 Å². The fourth-order valence-electron chi connectivity index (χ4n) is 3.43. The monoisotopic (exact) mass is 337 g/mol. The second-order valence-corrected chi connectivity index (χ2v) is 6.78. The van der Waals surface area contributed by atoms with Crippen molar-refractivity contribution in [3.05, 3.63) is 60.2 Å². The minimum absolute atomic E-state index is 0.182. The van der Waals surface area contributed by atoms with Crippen LogP contribution in [0.5, 0.6) is 0 Å². The van der Waals surface area contributed by atoms with Crippen LogP contribution in [0.25, 0.3) is 0 Å². The van der Waals surface area contributed by atoms with E-state index < -0.39 is 0 Å². The van der Waals surface area contributed by atoms with Crippen LogP contribution >= 0.6 is 0 Å². The molecule has 0 radical (unpaired) electrons. The molecule has 4 heteroatoms. The summed E-state index contributed by atoms with van der Waals surface area (Å²) < 4.78 is 0. The Balaban J connectivity index is 1.66. The van der Waals surface area contributed by atoms with E-state index >= 15 is 0 Å². The third-order valence-electron chi connectivity index (χ3n) is 4.88. The lowest BCUT2D eigenvalue weighted by atomic mass is 10.0. The quantitative estimate of drug-likeness (QED) is 0.903. The first-order valence-corrected chi connectivity index (χ1v) is 8.99. The maximum atomic E-state index is 11.5.